The van der Waals surface area contributed by atoms with Crippen molar-refractivity contribution in [3.63, 3.8) is 0 Å². The molecule has 6 nitrogen and oxygen atoms in total. The quantitative estimate of drug-likeness (QED) is 0.922. The van der Waals surface area contributed by atoms with Gasteiger partial charge in [-0.25, -0.2) is 13.4 Å². The smallest absolute Gasteiger partial charge is 0.237 e. The van der Waals surface area contributed by atoms with E-state index in [0.717, 1.165) is 6.26 Å². The number of anilines is 1. The Morgan fingerprint density at radius 2 is 1.95 bits per heavy atom. The maximum atomic E-state index is 11.3. The molecule has 20 heavy (non-hydrogen) atoms. The maximum absolute atomic E-state index is 11.3. The van der Waals surface area contributed by atoms with Crippen molar-refractivity contribution >= 4 is 15.5 Å². The van der Waals surface area contributed by atoms with Crippen molar-refractivity contribution in [2.75, 3.05) is 12.0 Å². The van der Waals surface area contributed by atoms with Gasteiger partial charge < -0.3 is 10.5 Å². The molecule has 0 aliphatic carbocycles. The summed E-state index contributed by atoms with van der Waals surface area (Å²) < 4.78 is 28.1. The third-order valence-corrected chi connectivity index (χ3v) is 3.59. The second-order valence-electron chi connectivity index (χ2n) is 4.08. The predicted molar refractivity (Wildman–Crippen MR) is 73.0 cm³/mol. The van der Waals surface area contributed by atoms with Crippen LogP contribution < -0.4 is 10.5 Å². The molecule has 0 saturated carbocycles. The summed E-state index contributed by atoms with van der Waals surface area (Å²) in [4.78, 5) is 4.12. The molecule has 2 aromatic rings. The van der Waals surface area contributed by atoms with Crippen LogP contribution in [0.25, 0.3) is 0 Å². The maximum Gasteiger partial charge on any atom is 0.237 e. The van der Waals surface area contributed by atoms with Crippen LogP contribution >= 0.6 is 0 Å². The van der Waals surface area contributed by atoms with Crippen LogP contribution in [0.1, 0.15) is 5.56 Å². The first-order valence-corrected chi connectivity index (χ1v) is 7.43. The van der Waals surface area contributed by atoms with Crippen LogP contribution in [-0.2, 0) is 9.84 Å². The van der Waals surface area contributed by atoms with Crippen LogP contribution in [0.2, 0.25) is 0 Å². The fourth-order valence-corrected chi connectivity index (χ4v) is 2.13. The molecule has 2 N–H and O–H groups in total. The first-order valence-electron chi connectivity index (χ1n) is 5.54. The lowest BCUT2D eigenvalue weighted by molar-refractivity contribution is 0.461. The van der Waals surface area contributed by atoms with Gasteiger partial charge in [0, 0.05) is 6.26 Å². The zero-order valence-corrected chi connectivity index (χ0v) is 11.4. The van der Waals surface area contributed by atoms with Gasteiger partial charge in [-0.3, -0.25) is 0 Å². The molecule has 0 radical (unpaired) electrons. The third kappa shape index (κ3) is 3.05. The molecule has 0 atom stereocenters. The van der Waals surface area contributed by atoms with E-state index in [9.17, 15) is 8.42 Å². The summed E-state index contributed by atoms with van der Waals surface area (Å²) >= 11 is 0. The molecule has 1 aromatic heterocycles. The summed E-state index contributed by atoms with van der Waals surface area (Å²) in [6.45, 7) is 0. The fraction of sp³-hybridized carbons (Fsp3) is 0.0769. The number of benzene rings is 1. The highest BCUT2D eigenvalue weighted by molar-refractivity contribution is 7.90. The second kappa shape index (κ2) is 5.19. The number of ether oxygens (including phenoxy) is 1. The van der Waals surface area contributed by atoms with Crippen molar-refractivity contribution in [1.82, 2.24) is 4.98 Å². The summed E-state index contributed by atoms with van der Waals surface area (Å²) in [5.74, 6) is 0.500. The van der Waals surface area contributed by atoms with Crippen molar-refractivity contribution in [3.05, 3.63) is 42.1 Å². The number of nitrogens with zero attached hydrogens (tertiary/aromatic N) is 2. The van der Waals surface area contributed by atoms with Gasteiger partial charge >= 0.3 is 0 Å². The molecule has 0 bridgehead atoms. The van der Waals surface area contributed by atoms with E-state index in [1.165, 1.54) is 36.5 Å². The van der Waals surface area contributed by atoms with E-state index in [-0.39, 0.29) is 16.3 Å². The van der Waals surface area contributed by atoms with Crippen molar-refractivity contribution < 1.29 is 13.2 Å². The Hall–Kier alpha value is -2.59. The van der Waals surface area contributed by atoms with Crippen molar-refractivity contribution in [3.8, 4) is 17.7 Å². The Morgan fingerprint density at radius 3 is 2.50 bits per heavy atom. The van der Waals surface area contributed by atoms with E-state index in [4.69, 9.17) is 15.7 Å². The molecule has 0 saturated heterocycles. The summed E-state index contributed by atoms with van der Waals surface area (Å²) in [6.07, 6.45) is 2.50. The lowest BCUT2D eigenvalue weighted by Crippen LogP contribution is -1.97. The van der Waals surface area contributed by atoms with E-state index in [2.05, 4.69) is 4.98 Å². The van der Waals surface area contributed by atoms with Crippen molar-refractivity contribution in [1.29, 1.82) is 5.26 Å². The zero-order valence-electron chi connectivity index (χ0n) is 10.6. The monoisotopic (exact) mass is 289 g/mol. The molecule has 0 amide bonds. The number of nitrogen functional groups attached to an aromatic ring is 1. The highest BCUT2D eigenvalue weighted by Gasteiger charge is 2.09. The Labute approximate surface area is 116 Å². The van der Waals surface area contributed by atoms with Gasteiger partial charge in [0.05, 0.1) is 16.8 Å². The topological polar surface area (TPSA) is 106 Å². The van der Waals surface area contributed by atoms with Crippen LogP contribution in [0.15, 0.2) is 41.4 Å². The zero-order chi connectivity index (χ0) is 14.8. The largest absolute Gasteiger partial charge is 0.438 e. The Morgan fingerprint density at radius 1 is 1.30 bits per heavy atom. The summed E-state index contributed by atoms with van der Waals surface area (Å²) in [6, 6.07) is 9.22. The first-order chi connectivity index (χ1) is 9.40. The Balaban J connectivity index is 2.30. The summed E-state index contributed by atoms with van der Waals surface area (Å²) in [7, 11) is -3.25. The van der Waals surface area contributed by atoms with Crippen molar-refractivity contribution in [2.45, 2.75) is 4.90 Å². The number of hydrogen-bond donors (Lipinski definition) is 1. The summed E-state index contributed by atoms with van der Waals surface area (Å²) in [5.41, 5.74) is 6.10. The molecule has 1 heterocycles. The number of pyridine rings is 1. The molecule has 0 unspecified atom stereocenters. The second-order valence-corrected chi connectivity index (χ2v) is 6.09. The van der Waals surface area contributed by atoms with Crippen LogP contribution in [-0.4, -0.2) is 19.7 Å². The lowest BCUT2D eigenvalue weighted by Gasteiger charge is -2.07. The number of hydrogen-bond acceptors (Lipinski definition) is 6. The minimum Gasteiger partial charge on any atom is -0.438 e. The standard InChI is InChI=1S/C13H11N3O3S/c1-20(17,18)12-4-2-11(3-5-12)19-13-9(7-14)6-10(15)8-16-13/h2-6,8H,15H2,1H3. The fourth-order valence-electron chi connectivity index (χ4n) is 1.50. The highest BCUT2D eigenvalue weighted by Crippen LogP contribution is 2.25. The van der Waals surface area contributed by atoms with Gasteiger partial charge in [-0.05, 0) is 30.3 Å². The van der Waals surface area contributed by atoms with Crippen LogP contribution in [0.5, 0.6) is 11.6 Å². The average Bonchev–Trinajstić information content (AvgIpc) is 2.40. The molecule has 7 heteroatoms. The minimum absolute atomic E-state index is 0.119. The number of nitriles is 1. The van der Waals surface area contributed by atoms with E-state index >= 15 is 0 Å². The molecule has 0 aliphatic rings. The molecule has 1 aromatic carbocycles. The number of rotatable bonds is 3. The normalized spacial score (nSPS) is 10.8. The Kier molecular flexibility index (Phi) is 3.59. The number of sulfone groups is 1. The Bertz CT molecular complexity index is 777. The molecule has 102 valence electrons. The van der Waals surface area contributed by atoms with Gasteiger partial charge in [0.2, 0.25) is 5.88 Å². The number of nitrogens with two attached hydrogens (primary N) is 1. The number of aromatic nitrogens is 1. The van der Waals surface area contributed by atoms with E-state index in [0.29, 0.717) is 11.4 Å². The summed E-state index contributed by atoms with van der Waals surface area (Å²) in [5, 5.41) is 8.97. The predicted octanol–water partition coefficient (Wildman–Crippen LogP) is 1.73. The van der Waals surface area contributed by atoms with Gasteiger partial charge in [-0.1, -0.05) is 0 Å². The van der Waals surface area contributed by atoms with Gasteiger partial charge in [-0.2, -0.15) is 5.26 Å². The molecule has 0 aliphatic heterocycles. The SMILES string of the molecule is CS(=O)(=O)c1ccc(Oc2ncc(N)cc2C#N)cc1. The van der Waals surface area contributed by atoms with Crippen molar-refractivity contribution in [2.24, 2.45) is 0 Å². The van der Waals surface area contributed by atoms with E-state index in [1.807, 2.05) is 6.07 Å². The van der Waals surface area contributed by atoms with Gasteiger partial charge in [-0.15, -0.1) is 0 Å². The third-order valence-electron chi connectivity index (χ3n) is 2.46. The molecule has 0 fully saturated rings. The molecular weight excluding hydrogens is 278 g/mol. The van der Waals surface area contributed by atoms with Crippen LogP contribution in [0.4, 0.5) is 5.69 Å². The van der Waals surface area contributed by atoms with Gasteiger partial charge in [0.15, 0.2) is 9.84 Å². The molecule has 0 spiro atoms. The van der Waals surface area contributed by atoms with Crippen LogP contribution in [0, 0.1) is 11.3 Å². The highest BCUT2D eigenvalue weighted by atomic mass is 32.2. The minimum atomic E-state index is -3.25. The molecule has 2 rings (SSSR count). The molecular formula is C13H11N3O3S. The lowest BCUT2D eigenvalue weighted by atomic mass is 10.3. The van der Waals surface area contributed by atoms with Gasteiger partial charge in [0.1, 0.15) is 17.4 Å². The van der Waals surface area contributed by atoms with Crippen LogP contribution in [0.3, 0.4) is 0 Å². The average molecular weight is 289 g/mol. The van der Waals surface area contributed by atoms with E-state index < -0.39 is 9.84 Å². The van der Waals surface area contributed by atoms with Gasteiger partial charge in [0.25, 0.3) is 0 Å². The first kappa shape index (κ1) is 13.8. The van der Waals surface area contributed by atoms with E-state index in [1.54, 1.807) is 0 Å².